The van der Waals surface area contributed by atoms with Crippen molar-refractivity contribution >= 4 is 24.0 Å². The Balaban J connectivity index is 1.37. The summed E-state index contributed by atoms with van der Waals surface area (Å²) in [7, 11) is 0. The Labute approximate surface area is 194 Å². The Morgan fingerprint density at radius 3 is 2.55 bits per heavy atom. The highest BCUT2D eigenvalue weighted by Gasteiger charge is 2.37. The van der Waals surface area contributed by atoms with Gasteiger partial charge in [0.25, 0.3) is 5.91 Å². The van der Waals surface area contributed by atoms with E-state index in [2.05, 4.69) is 36.1 Å². The molecular formula is C24H32N6O3. The van der Waals surface area contributed by atoms with Crippen LogP contribution in [0.3, 0.4) is 0 Å². The van der Waals surface area contributed by atoms with Crippen LogP contribution in [0.1, 0.15) is 44.0 Å². The van der Waals surface area contributed by atoms with Crippen molar-refractivity contribution in [3.8, 4) is 0 Å². The van der Waals surface area contributed by atoms with Gasteiger partial charge in [-0.25, -0.2) is 4.98 Å². The van der Waals surface area contributed by atoms with Gasteiger partial charge in [0.2, 0.25) is 5.95 Å². The zero-order valence-corrected chi connectivity index (χ0v) is 19.4. The highest BCUT2D eigenvalue weighted by Crippen LogP contribution is 2.29. The lowest BCUT2D eigenvalue weighted by Gasteiger charge is -2.35. The van der Waals surface area contributed by atoms with Crippen LogP contribution in [0.25, 0.3) is 0 Å². The number of hydrogen-bond donors (Lipinski definition) is 1. The third kappa shape index (κ3) is 5.13. The minimum Gasteiger partial charge on any atom is -0.351 e. The molecule has 2 aliphatic rings. The summed E-state index contributed by atoms with van der Waals surface area (Å²) in [4.78, 5) is 41.2. The summed E-state index contributed by atoms with van der Waals surface area (Å²) in [6, 6.07) is 5.57. The normalized spacial score (nSPS) is 22.4. The van der Waals surface area contributed by atoms with Gasteiger partial charge in [-0.1, -0.05) is 13.8 Å². The number of nitrogens with zero attached hydrogens (tertiary/aromatic N) is 5. The fraction of sp³-hybridized carbons (Fsp3) is 0.542. The first kappa shape index (κ1) is 23.1. The van der Waals surface area contributed by atoms with Crippen LogP contribution in [0.2, 0.25) is 0 Å². The van der Waals surface area contributed by atoms with Crippen molar-refractivity contribution in [1.82, 2.24) is 19.9 Å². The molecule has 0 spiro atoms. The lowest BCUT2D eigenvalue weighted by atomic mass is 9.90. The summed E-state index contributed by atoms with van der Waals surface area (Å²) in [6.07, 6.45) is 7.02. The van der Waals surface area contributed by atoms with Crippen molar-refractivity contribution in [2.45, 2.75) is 51.9 Å². The molecule has 2 aromatic rings. The maximum Gasteiger partial charge on any atom is 0.253 e. The number of carbonyl (C=O) groups excluding carboxylic acids is 2. The van der Waals surface area contributed by atoms with Crippen molar-refractivity contribution in [2.24, 2.45) is 11.8 Å². The number of nitrogens with one attached hydrogen (secondary N) is 1. The van der Waals surface area contributed by atoms with Gasteiger partial charge in [0.05, 0.1) is 12.6 Å². The van der Waals surface area contributed by atoms with Gasteiger partial charge < -0.3 is 19.9 Å². The lowest BCUT2D eigenvalue weighted by molar-refractivity contribution is -0.115. The molecule has 0 radical (unpaired) electrons. The van der Waals surface area contributed by atoms with E-state index in [0.29, 0.717) is 35.8 Å². The molecule has 2 saturated heterocycles. The van der Waals surface area contributed by atoms with Gasteiger partial charge in [0, 0.05) is 43.3 Å². The lowest BCUT2D eigenvalue weighted by Crippen LogP contribution is -2.42. The first-order valence-corrected chi connectivity index (χ1v) is 11.6. The fourth-order valence-electron chi connectivity index (χ4n) is 4.63. The Morgan fingerprint density at radius 2 is 1.88 bits per heavy atom. The Bertz CT molecular complexity index is 948. The highest BCUT2D eigenvalue weighted by molar-refractivity contribution is 5.94. The smallest absolute Gasteiger partial charge is 0.253 e. The van der Waals surface area contributed by atoms with Gasteiger partial charge in [0.1, 0.15) is 5.82 Å². The number of piperidine rings is 1. The van der Waals surface area contributed by atoms with E-state index in [0.717, 1.165) is 32.2 Å². The Kier molecular flexibility index (Phi) is 7.17. The molecule has 0 aromatic carbocycles. The van der Waals surface area contributed by atoms with Crippen LogP contribution in [0.15, 0.2) is 36.8 Å². The number of amides is 1. The maximum atomic E-state index is 12.7. The van der Waals surface area contributed by atoms with Crippen LogP contribution >= 0.6 is 0 Å². The molecule has 3 atom stereocenters. The summed E-state index contributed by atoms with van der Waals surface area (Å²) in [5.74, 6) is 2.00. The fourth-order valence-corrected chi connectivity index (χ4v) is 4.63. The van der Waals surface area contributed by atoms with Crippen molar-refractivity contribution < 1.29 is 14.3 Å². The molecule has 1 unspecified atom stereocenters. The molecular weight excluding hydrogens is 420 g/mol. The molecule has 4 rings (SSSR count). The first-order valence-electron chi connectivity index (χ1n) is 11.6. The van der Waals surface area contributed by atoms with E-state index in [1.54, 1.807) is 30.7 Å². The van der Waals surface area contributed by atoms with Crippen LogP contribution in [-0.4, -0.2) is 70.1 Å². The zero-order valence-electron chi connectivity index (χ0n) is 19.4. The van der Waals surface area contributed by atoms with Crippen LogP contribution in [0.5, 0.6) is 0 Å². The summed E-state index contributed by atoms with van der Waals surface area (Å²) < 4.78 is 5.66. The van der Waals surface area contributed by atoms with Gasteiger partial charge >= 0.3 is 0 Å². The molecule has 9 nitrogen and oxygen atoms in total. The number of hydrogen-bond acceptors (Lipinski definition) is 8. The number of likely N-dealkylation sites (tertiary alicyclic amines) is 1. The summed E-state index contributed by atoms with van der Waals surface area (Å²) >= 11 is 0. The van der Waals surface area contributed by atoms with Crippen LogP contribution < -0.4 is 10.2 Å². The number of rotatable bonds is 7. The number of carbonyl (C=O) groups is 2. The molecule has 2 aromatic heterocycles. The van der Waals surface area contributed by atoms with Crippen molar-refractivity contribution in [1.29, 1.82) is 0 Å². The second kappa shape index (κ2) is 10.2. The van der Waals surface area contributed by atoms with Crippen molar-refractivity contribution in [3.05, 3.63) is 42.4 Å². The molecule has 33 heavy (non-hydrogen) atoms. The molecule has 1 amide bonds. The minimum absolute atomic E-state index is 0.0600. The minimum atomic E-state index is -0.625. The maximum absolute atomic E-state index is 12.7. The second-order valence-electron chi connectivity index (χ2n) is 9.12. The third-order valence-electron chi connectivity index (χ3n) is 6.68. The van der Waals surface area contributed by atoms with E-state index >= 15 is 0 Å². The average molecular weight is 453 g/mol. The van der Waals surface area contributed by atoms with Crippen LogP contribution in [-0.2, 0) is 9.53 Å². The van der Waals surface area contributed by atoms with E-state index in [1.165, 1.54) is 0 Å². The van der Waals surface area contributed by atoms with Gasteiger partial charge in [0.15, 0.2) is 12.5 Å². The standard InChI is InChI=1S/C24H32N6O3/c1-16(2)20-15-33-22(14-31)30(20)21-6-11-26-24(28-21)27-17(3)18-7-12-29(13-8-18)23(32)19-4-9-25-10-5-19/h4-6,9-11,14,16-18,20,22H,7-8,12-13,15H2,1-3H3,(H,26,27,28)/t17-,20+,22?/m0/s1. The molecule has 4 heterocycles. The van der Waals surface area contributed by atoms with E-state index in [4.69, 9.17) is 9.72 Å². The quantitative estimate of drug-likeness (QED) is 0.640. The van der Waals surface area contributed by atoms with E-state index in [-0.39, 0.29) is 18.0 Å². The van der Waals surface area contributed by atoms with Gasteiger partial charge in [-0.2, -0.15) is 4.98 Å². The Hall–Kier alpha value is -3.07. The summed E-state index contributed by atoms with van der Waals surface area (Å²) in [5.41, 5.74) is 0.680. The third-order valence-corrected chi connectivity index (χ3v) is 6.68. The van der Waals surface area contributed by atoms with Gasteiger partial charge in [-0.05, 0) is 49.8 Å². The molecule has 0 bridgehead atoms. The number of anilines is 2. The van der Waals surface area contributed by atoms with Crippen molar-refractivity contribution in [2.75, 3.05) is 29.9 Å². The second-order valence-corrected chi connectivity index (χ2v) is 9.12. The highest BCUT2D eigenvalue weighted by atomic mass is 16.5. The predicted octanol–water partition coefficient (Wildman–Crippen LogP) is 2.61. The number of pyridine rings is 1. The largest absolute Gasteiger partial charge is 0.351 e. The molecule has 0 aliphatic carbocycles. The molecule has 176 valence electrons. The van der Waals surface area contributed by atoms with Gasteiger partial charge in [-0.3, -0.25) is 14.6 Å². The summed E-state index contributed by atoms with van der Waals surface area (Å²) in [5, 5.41) is 3.44. The number of ether oxygens (including phenoxy) is 1. The monoisotopic (exact) mass is 452 g/mol. The van der Waals surface area contributed by atoms with Crippen LogP contribution in [0.4, 0.5) is 11.8 Å². The van der Waals surface area contributed by atoms with Crippen LogP contribution in [0, 0.1) is 11.8 Å². The molecule has 1 N–H and O–H groups in total. The molecule has 9 heteroatoms. The predicted molar refractivity (Wildman–Crippen MR) is 125 cm³/mol. The topological polar surface area (TPSA) is 101 Å². The van der Waals surface area contributed by atoms with E-state index in [9.17, 15) is 9.59 Å². The number of aldehydes is 1. The Morgan fingerprint density at radius 1 is 1.15 bits per heavy atom. The summed E-state index contributed by atoms with van der Waals surface area (Å²) in [6.45, 7) is 8.30. The van der Waals surface area contributed by atoms with E-state index < -0.39 is 6.23 Å². The molecule has 2 aliphatic heterocycles. The first-order chi connectivity index (χ1) is 16.0. The van der Waals surface area contributed by atoms with Crippen molar-refractivity contribution in [3.63, 3.8) is 0 Å². The zero-order chi connectivity index (χ0) is 23.4. The average Bonchev–Trinajstić information content (AvgIpc) is 3.29. The molecule has 0 saturated carbocycles. The molecule has 2 fully saturated rings. The van der Waals surface area contributed by atoms with Gasteiger partial charge in [-0.15, -0.1) is 0 Å². The van der Waals surface area contributed by atoms with E-state index in [1.807, 2.05) is 15.9 Å². The number of aromatic nitrogens is 3. The SMILES string of the molecule is CC(C)[C@H]1COC(C=O)N1c1ccnc(N[C@@H](C)C2CCN(C(=O)c3ccncc3)CC2)n1.